The van der Waals surface area contributed by atoms with Crippen LogP contribution < -0.4 is 0 Å². The lowest BCUT2D eigenvalue weighted by molar-refractivity contribution is 1.30. The van der Waals surface area contributed by atoms with Gasteiger partial charge in [0.05, 0.1) is 5.56 Å². The molecule has 1 heterocycles. The maximum absolute atomic E-state index is 9.10. The fourth-order valence-electron chi connectivity index (χ4n) is 2.03. The van der Waals surface area contributed by atoms with E-state index in [2.05, 4.69) is 29.3 Å². The maximum atomic E-state index is 9.10. The van der Waals surface area contributed by atoms with E-state index in [0.29, 0.717) is 5.56 Å². The summed E-state index contributed by atoms with van der Waals surface area (Å²) >= 11 is 0. The van der Waals surface area contributed by atoms with Gasteiger partial charge in [0, 0.05) is 18.0 Å². The molecule has 0 atom stereocenters. The van der Waals surface area contributed by atoms with Crippen molar-refractivity contribution in [3.63, 3.8) is 0 Å². The lowest BCUT2D eigenvalue weighted by atomic mass is 9.99. The molecular weight excluding hydrogens is 220 g/mol. The van der Waals surface area contributed by atoms with E-state index < -0.39 is 0 Å². The van der Waals surface area contributed by atoms with Crippen LogP contribution in [0.2, 0.25) is 0 Å². The Morgan fingerprint density at radius 3 is 2.94 bits per heavy atom. The summed E-state index contributed by atoms with van der Waals surface area (Å²) in [6.45, 7) is 0. The zero-order valence-corrected chi connectivity index (χ0v) is 9.59. The van der Waals surface area contributed by atoms with Crippen LogP contribution in [0.3, 0.4) is 0 Å². The van der Waals surface area contributed by atoms with Gasteiger partial charge in [0.1, 0.15) is 6.07 Å². The van der Waals surface area contributed by atoms with Crippen LogP contribution in [0, 0.1) is 17.4 Å². The van der Waals surface area contributed by atoms with E-state index in [1.54, 1.807) is 12.4 Å². The Balaban J connectivity index is 2.23. The summed E-state index contributed by atoms with van der Waals surface area (Å²) in [6, 6.07) is 19.1. The molecule has 0 aliphatic rings. The monoisotopic (exact) mass is 229 g/mol. The molecule has 0 unspecified atom stereocenters. The van der Waals surface area contributed by atoms with Crippen molar-refractivity contribution < 1.29 is 0 Å². The molecule has 0 fully saturated rings. The van der Waals surface area contributed by atoms with E-state index in [-0.39, 0.29) is 0 Å². The quantitative estimate of drug-likeness (QED) is 0.639. The van der Waals surface area contributed by atoms with Crippen molar-refractivity contribution in [2.75, 3.05) is 0 Å². The summed E-state index contributed by atoms with van der Waals surface area (Å²) in [7, 11) is 0. The first kappa shape index (κ1) is 10.5. The zero-order valence-electron chi connectivity index (χ0n) is 9.59. The minimum Gasteiger partial charge on any atom is -0.263 e. The third-order valence-electron chi connectivity index (χ3n) is 2.94. The molecule has 2 aromatic carbocycles. The molecule has 1 radical (unpaired) electrons. The third-order valence-corrected chi connectivity index (χ3v) is 2.94. The van der Waals surface area contributed by atoms with E-state index in [1.165, 1.54) is 5.39 Å². The number of aromatic nitrogens is 1. The Hall–Kier alpha value is -2.66. The van der Waals surface area contributed by atoms with Gasteiger partial charge in [0.2, 0.25) is 0 Å². The molecule has 3 aromatic rings. The van der Waals surface area contributed by atoms with Crippen LogP contribution in [0.15, 0.2) is 54.9 Å². The second-order valence-corrected chi connectivity index (χ2v) is 4.02. The van der Waals surface area contributed by atoms with Crippen molar-refractivity contribution in [3.05, 3.63) is 66.5 Å². The standard InChI is InChI=1S/C16H9N2/c17-10-15-11-18-8-7-16(15)14-6-5-12-3-1-2-4-13(12)9-14/h1,3-9,11H. The fourth-order valence-corrected chi connectivity index (χ4v) is 2.03. The molecule has 0 amide bonds. The van der Waals surface area contributed by atoms with Gasteiger partial charge in [-0.15, -0.1) is 0 Å². The SMILES string of the molecule is N#Cc1cnccc1-c1ccc2cc[c]cc2c1. The maximum Gasteiger partial charge on any atom is 0.101 e. The van der Waals surface area contributed by atoms with Crippen molar-refractivity contribution in [3.8, 4) is 17.2 Å². The number of rotatable bonds is 1. The molecule has 2 heteroatoms. The molecule has 83 valence electrons. The molecular formula is C16H9N2. The molecule has 0 saturated carbocycles. The Bertz CT molecular complexity index is 754. The van der Waals surface area contributed by atoms with Crippen molar-refractivity contribution in [2.24, 2.45) is 0 Å². The third kappa shape index (κ3) is 1.72. The van der Waals surface area contributed by atoms with Gasteiger partial charge < -0.3 is 0 Å². The summed E-state index contributed by atoms with van der Waals surface area (Å²) in [5.41, 5.74) is 2.54. The molecule has 0 saturated heterocycles. The Morgan fingerprint density at radius 2 is 2.06 bits per heavy atom. The van der Waals surface area contributed by atoms with Crippen LogP contribution in [0.1, 0.15) is 5.56 Å². The van der Waals surface area contributed by atoms with Gasteiger partial charge in [0.25, 0.3) is 0 Å². The molecule has 0 aliphatic carbocycles. The molecule has 18 heavy (non-hydrogen) atoms. The summed E-state index contributed by atoms with van der Waals surface area (Å²) in [4.78, 5) is 3.98. The van der Waals surface area contributed by atoms with Crippen LogP contribution >= 0.6 is 0 Å². The number of fused-ring (bicyclic) bond motifs is 1. The molecule has 0 N–H and O–H groups in total. The summed E-state index contributed by atoms with van der Waals surface area (Å²) < 4.78 is 0. The number of nitriles is 1. The Morgan fingerprint density at radius 1 is 1.11 bits per heavy atom. The topological polar surface area (TPSA) is 36.7 Å². The average Bonchev–Trinajstić information content (AvgIpc) is 2.46. The Labute approximate surface area is 105 Å². The largest absolute Gasteiger partial charge is 0.263 e. The van der Waals surface area contributed by atoms with Crippen LogP contribution in [0.25, 0.3) is 21.9 Å². The average molecular weight is 229 g/mol. The van der Waals surface area contributed by atoms with Crippen molar-refractivity contribution in [1.82, 2.24) is 4.98 Å². The lowest BCUT2D eigenvalue weighted by Gasteiger charge is -2.05. The first-order valence-corrected chi connectivity index (χ1v) is 5.63. The van der Waals surface area contributed by atoms with E-state index >= 15 is 0 Å². The van der Waals surface area contributed by atoms with E-state index in [9.17, 15) is 0 Å². The van der Waals surface area contributed by atoms with Crippen molar-refractivity contribution in [1.29, 1.82) is 5.26 Å². The van der Waals surface area contributed by atoms with Crippen LogP contribution in [-0.4, -0.2) is 4.98 Å². The number of pyridine rings is 1. The predicted octanol–water partition coefficient (Wildman–Crippen LogP) is 3.57. The summed E-state index contributed by atoms with van der Waals surface area (Å²) in [5.74, 6) is 0. The highest BCUT2D eigenvalue weighted by atomic mass is 14.6. The summed E-state index contributed by atoms with van der Waals surface area (Å²) in [5, 5.41) is 11.4. The summed E-state index contributed by atoms with van der Waals surface area (Å²) in [6.07, 6.45) is 3.30. The molecule has 3 rings (SSSR count). The second kappa shape index (κ2) is 4.31. The van der Waals surface area contributed by atoms with Crippen molar-refractivity contribution in [2.45, 2.75) is 0 Å². The normalized spacial score (nSPS) is 10.2. The highest BCUT2D eigenvalue weighted by Gasteiger charge is 2.04. The fraction of sp³-hybridized carbons (Fsp3) is 0. The first-order chi connectivity index (χ1) is 8.88. The van der Waals surface area contributed by atoms with E-state index in [0.717, 1.165) is 16.5 Å². The highest BCUT2D eigenvalue weighted by Crippen LogP contribution is 2.26. The number of hydrogen-bond acceptors (Lipinski definition) is 2. The van der Waals surface area contributed by atoms with E-state index in [1.807, 2.05) is 30.3 Å². The highest BCUT2D eigenvalue weighted by molar-refractivity contribution is 5.87. The molecule has 0 aliphatic heterocycles. The van der Waals surface area contributed by atoms with Gasteiger partial charge in [-0.1, -0.05) is 24.3 Å². The molecule has 2 nitrogen and oxygen atoms in total. The zero-order chi connectivity index (χ0) is 12.4. The van der Waals surface area contributed by atoms with Gasteiger partial charge in [-0.3, -0.25) is 4.98 Å². The molecule has 1 aromatic heterocycles. The van der Waals surface area contributed by atoms with Gasteiger partial charge in [-0.2, -0.15) is 5.26 Å². The number of benzene rings is 2. The van der Waals surface area contributed by atoms with Crippen LogP contribution in [0.4, 0.5) is 0 Å². The van der Waals surface area contributed by atoms with Crippen LogP contribution in [-0.2, 0) is 0 Å². The lowest BCUT2D eigenvalue weighted by Crippen LogP contribution is -1.86. The minimum absolute atomic E-state index is 0.594. The number of nitrogens with zero attached hydrogens (tertiary/aromatic N) is 2. The van der Waals surface area contributed by atoms with Gasteiger partial charge in [0.15, 0.2) is 0 Å². The van der Waals surface area contributed by atoms with Crippen LogP contribution in [0.5, 0.6) is 0 Å². The first-order valence-electron chi connectivity index (χ1n) is 5.63. The van der Waals surface area contributed by atoms with Gasteiger partial charge >= 0.3 is 0 Å². The smallest absolute Gasteiger partial charge is 0.101 e. The van der Waals surface area contributed by atoms with E-state index in [4.69, 9.17) is 5.26 Å². The molecule has 0 spiro atoms. The predicted molar refractivity (Wildman–Crippen MR) is 70.7 cm³/mol. The number of hydrogen-bond donors (Lipinski definition) is 0. The van der Waals surface area contributed by atoms with Gasteiger partial charge in [-0.25, -0.2) is 0 Å². The molecule has 0 bridgehead atoms. The van der Waals surface area contributed by atoms with Gasteiger partial charge in [-0.05, 0) is 40.6 Å². The Kier molecular flexibility index (Phi) is 2.51. The van der Waals surface area contributed by atoms with Crippen molar-refractivity contribution >= 4 is 10.8 Å². The minimum atomic E-state index is 0.594. The second-order valence-electron chi connectivity index (χ2n) is 4.02.